The number of nitrogens with two attached hydrogens (primary N) is 1. The molecule has 3 N–H and O–H groups in total. The van der Waals surface area contributed by atoms with Gasteiger partial charge >= 0.3 is 0 Å². The molecule has 2 aromatic rings. The molecule has 0 atom stereocenters. The molecule has 0 bridgehead atoms. The largest absolute Gasteiger partial charge is 0.389 e. The molecule has 0 aliphatic rings. The minimum atomic E-state index is -0.588. The minimum absolute atomic E-state index is 0.00511. The smallest absolute Gasteiger partial charge is 0.147 e. The number of hydrogen-bond donors (Lipinski definition) is 2. The van der Waals surface area contributed by atoms with Crippen molar-refractivity contribution in [1.82, 2.24) is 0 Å². The topological polar surface area (TPSA) is 38.0 Å². The lowest BCUT2D eigenvalue weighted by Gasteiger charge is -2.13. The van der Waals surface area contributed by atoms with Gasteiger partial charge in [-0.25, -0.2) is 8.78 Å². The molecule has 0 unspecified atom stereocenters. The lowest BCUT2D eigenvalue weighted by Crippen LogP contribution is -2.12. The van der Waals surface area contributed by atoms with Gasteiger partial charge in [0.15, 0.2) is 0 Å². The Morgan fingerprint density at radius 1 is 1.05 bits per heavy atom. The Kier molecular flexibility index (Phi) is 4.72. The Hall–Kier alpha value is -1.05. The van der Waals surface area contributed by atoms with Crippen LogP contribution in [0.4, 0.5) is 20.2 Å². The monoisotopic (exact) mass is 420 g/mol. The van der Waals surface area contributed by atoms with Gasteiger partial charge < -0.3 is 11.1 Å². The van der Waals surface area contributed by atoms with Crippen molar-refractivity contribution in [1.29, 1.82) is 0 Å². The molecule has 7 heteroatoms. The van der Waals surface area contributed by atoms with Gasteiger partial charge in [-0.2, -0.15) is 0 Å². The summed E-state index contributed by atoms with van der Waals surface area (Å²) in [6, 6.07) is 7.24. The van der Waals surface area contributed by atoms with Crippen molar-refractivity contribution in [3.63, 3.8) is 0 Å². The highest BCUT2D eigenvalue weighted by Crippen LogP contribution is 2.29. The number of hydrogen-bond acceptors (Lipinski definition) is 2. The van der Waals surface area contributed by atoms with Gasteiger partial charge in [0.05, 0.1) is 10.2 Å². The molecular formula is C13H8Br2F2N2S. The summed E-state index contributed by atoms with van der Waals surface area (Å²) in [7, 11) is 0. The molecule has 0 saturated heterocycles. The van der Waals surface area contributed by atoms with Crippen LogP contribution in [-0.2, 0) is 0 Å². The lowest BCUT2D eigenvalue weighted by atomic mass is 10.1. The molecule has 0 aromatic heterocycles. The molecule has 0 fully saturated rings. The van der Waals surface area contributed by atoms with Crippen molar-refractivity contribution in [2.75, 3.05) is 5.32 Å². The molecule has 104 valence electrons. The highest BCUT2D eigenvalue weighted by Gasteiger charge is 2.11. The third-order valence-electron chi connectivity index (χ3n) is 2.53. The van der Waals surface area contributed by atoms with E-state index in [4.69, 9.17) is 18.0 Å². The summed E-state index contributed by atoms with van der Waals surface area (Å²) in [5, 5.41) is 2.79. The maximum absolute atomic E-state index is 13.8. The van der Waals surface area contributed by atoms with Crippen LogP contribution in [0, 0.1) is 11.6 Å². The van der Waals surface area contributed by atoms with Crippen LogP contribution >= 0.6 is 44.1 Å². The zero-order chi connectivity index (χ0) is 14.9. The molecule has 0 radical (unpaired) electrons. The first-order valence-electron chi connectivity index (χ1n) is 5.39. The summed E-state index contributed by atoms with van der Waals surface area (Å²) in [4.78, 5) is 0.159. The van der Waals surface area contributed by atoms with E-state index in [0.717, 1.165) is 16.6 Å². The van der Waals surface area contributed by atoms with E-state index < -0.39 is 11.6 Å². The van der Waals surface area contributed by atoms with E-state index in [0.29, 0.717) is 11.3 Å². The number of nitrogens with one attached hydrogen (secondary N) is 1. The number of halogens is 4. The number of rotatable bonds is 3. The summed E-state index contributed by atoms with van der Waals surface area (Å²) >= 11 is 11.2. The Bertz CT molecular complexity index is 692. The third kappa shape index (κ3) is 3.34. The number of anilines is 2. The van der Waals surface area contributed by atoms with Crippen molar-refractivity contribution in [3.8, 4) is 0 Å². The Morgan fingerprint density at radius 3 is 2.40 bits per heavy atom. The highest BCUT2D eigenvalue weighted by molar-refractivity contribution is 9.10. The summed E-state index contributed by atoms with van der Waals surface area (Å²) in [6.45, 7) is 0. The average molecular weight is 422 g/mol. The van der Waals surface area contributed by atoms with E-state index in [2.05, 4.69) is 37.2 Å². The molecular weight excluding hydrogens is 414 g/mol. The van der Waals surface area contributed by atoms with Gasteiger partial charge in [-0.1, -0.05) is 28.1 Å². The zero-order valence-electron chi connectivity index (χ0n) is 9.88. The van der Waals surface area contributed by atoms with Crippen LogP contribution in [0.5, 0.6) is 0 Å². The van der Waals surface area contributed by atoms with Gasteiger partial charge in [0.1, 0.15) is 16.6 Å². The van der Waals surface area contributed by atoms with Gasteiger partial charge in [-0.3, -0.25) is 0 Å². The Morgan fingerprint density at radius 2 is 1.75 bits per heavy atom. The Labute approximate surface area is 136 Å². The van der Waals surface area contributed by atoms with Gasteiger partial charge in [0.25, 0.3) is 0 Å². The van der Waals surface area contributed by atoms with E-state index >= 15 is 0 Å². The van der Waals surface area contributed by atoms with Gasteiger partial charge in [-0.05, 0) is 40.2 Å². The van der Waals surface area contributed by atoms with Gasteiger partial charge in [-0.15, -0.1) is 0 Å². The molecule has 0 spiro atoms. The lowest BCUT2D eigenvalue weighted by molar-refractivity contribution is 0.598. The molecule has 2 aromatic carbocycles. The fraction of sp³-hybridized carbons (Fsp3) is 0. The first kappa shape index (κ1) is 15.3. The maximum atomic E-state index is 13.8. The molecule has 0 heterocycles. The van der Waals surface area contributed by atoms with E-state index in [9.17, 15) is 8.78 Å². The van der Waals surface area contributed by atoms with Crippen LogP contribution in [0.15, 0.2) is 39.3 Å². The Balaban J connectivity index is 2.45. The van der Waals surface area contributed by atoms with E-state index in [1.807, 2.05) is 0 Å². The number of thiocarbonyl (C=S) groups is 1. The number of benzene rings is 2. The van der Waals surface area contributed by atoms with Crippen molar-refractivity contribution in [2.24, 2.45) is 5.73 Å². The fourth-order valence-corrected chi connectivity index (χ4v) is 2.44. The third-order valence-corrected chi connectivity index (χ3v) is 3.85. The maximum Gasteiger partial charge on any atom is 0.147 e. The molecule has 0 aliphatic heterocycles. The van der Waals surface area contributed by atoms with Crippen molar-refractivity contribution >= 4 is 60.4 Å². The minimum Gasteiger partial charge on any atom is -0.389 e. The van der Waals surface area contributed by atoms with Crippen LogP contribution < -0.4 is 11.1 Å². The molecule has 0 aliphatic carbocycles. The van der Waals surface area contributed by atoms with Crippen LogP contribution in [0.1, 0.15) is 5.56 Å². The van der Waals surface area contributed by atoms with Crippen LogP contribution in [0.2, 0.25) is 0 Å². The SMILES string of the molecule is NC(=S)c1cc(Br)ccc1Nc1cc(F)c(Br)cc1F. The second kappa shape index (κ2) is 6.15. The standard InChI is InChI=1S/C13H8Br2F2N2S/c14-6-1-2-11(7(3-6)13(18)20)19-12-5-9(16)8(15)4-10(12)17/h1-5,19H,(H2,18,20). The van der Waals surface area contributed by atoms with E-state index in [1.165, 1.54) is 0 Å². The van der Waals surface area contributed by atoms with Crippen molar-refractivity contribution in [3.05, 3.63) is 56.5 Å². The first-order chi connectivity index (χ1) is 9.38. The molecule has 0 amide bonds. The summed E-state index contributed by atoms with van der Waals surface area (Å²) < 4.78 is 28.1. The van der Waals surface area contributed by atoms with E-state index in [1.54, 1.807) is 18.2 Å². The predicted octanol–water partition coefficient (Wildman–Crippen LogP) is 4.87. The van der Waals surface area contributed by atoms with Crippen molar-refractivity contribution in [2.45, 2.75) is 0 Å². The second-order valence-electron chi connectivity index (χ2n) is 3.93. The summed E-state index contributed by atoms with van der Waals surface area (Å²) in [5.74, 6) is -1.15. The van der Waals surface area contributed by atoms with Gasteiger partial charge in [0.2, 0.25) is 0 Å². The van der Waals surface area contributed by atoms with Crippen LogP contribution in [0.3, 0.4) is 0 Å². The zero-order valence-corrected chi connectivity index (χ0v) is 13.9. The second-order valence-corrected chi connectivity index (χ2v) is 6.14. The van der Waals surface area contributed by atoms with E-state index in [-0.39, 0.29) is 15.1 Å². The highest BCUT2D eigenvalue weighted by atomic mass is 79.9. The summed E-state index contributed by atoms with van der Waals surface area (Å²) in [6.07, 6.45) is 0. The molecule has 0 saturated carbocycles. The van der Waals surface area contributed by atoms with Crippen molar-refractivity contribution < 1.29 is 8.78 Å². The molecule has 2 rings (SSSR count). The fourth-order valence-electron chi connectivity index (χ4n) is 1.59. The first-order valence-corrected chi connectivity index (χ1v) is 7.39. The summed E-state index contributed by atoms with van der Waals surface area (Å²) in [5.41, 5.74) is 6.67. The normalized spacial score (nSPS) is 10.4. The predicted molar refractivity (Wildman–Crippen MR) is 87.4 cm³/mol. The van der Waals surface area contributed by atoms with Crippen LogP contribution in [0.25, 0.3) is 0 Å². The van der Waals surface area contributed by atoms with Gasteiger partial charge in [0, 0.05) is 21.8 Å². The average Bonchev–Trinajstić information content (AvgIpc) is 2.37. The molecule has 2 nitrogen and oxygen atoms in total. The quantitative estimate of drug-likeness (QED) is 0.548. The van der Waals surface area contributed by atoms with Crippen LogP contribution in [-0.4, -0.2) is 4.99 Å². The molecule has 20 heavy (non-hydrogen) atoms.